The Labute approximate surface area is 150 Å². The summed E-state index contributed by atoms with van der Waals surface area (Å²) in [6, 6.07) is 6.52. The number of carbonyl (C=O) groups is 1. The van der Waals surface area contributed by atoms with Crippen molar-refractivity contribution in [3.05, 3.63) is 54.6 Å². The molecule has 0 saturated carbocycles. The standard InChI is InChI=1S/C21H28N2O2/c1-5-9-21(10-6-2)14-18-19(22-11-12-23(18)20(21)24)17-8-7-16(25-4)13-15(17)3/h5-8,13,18-19,22H,1-2,9-12,14H2,3-4H3/t18-,19-/m0/s1. The Bertz CT molecular complexity index is 672. The van der Waals surface area contributed by atoms with E-state index in [9.17, 15) is 4.79 Å². The Kier molecular flexibility index (Phi) is 5.00. The van der Waals surface area contributed by atoms with Crippen molar-refractivity contribution in [2.45, 2.75) is 38.3 Å². The summed E-state index contributed by atoms with van der Waals surface area (Å²) in [7, 11) is 1.68. The second-order valence-corrected chi connectivity index (χ2v) is 7.19. The number of fused-ring (bicyclic) bond motifs is 1. The van der Waals surface area contributed by atoms with Gasteiger partial charge in [0.2, 0.25) is 5.91 Å². The quantitative estimate of drug-likeness (QED) is 0.807. The minimum absolute atomic E-state index is 0.153. The summed E-state index contributed by atoms with van der Waals surface area (Å²) in [6.45, 7) is 11.5. The SMILES string of the molecule is C=CCC1(CC=C)C[C@H]2[C@H](c3ccc(OC)cc3C)NCCN2C1=O. The second-order valence-electron chi connectivity index (χ2n) is 7.19. The lowest BCUT2D eigenvalue weighted by atomic mass is 9.77. The molecule has 1 amide bonds. The van der Waals surface area contributed by atoms with Crippen LogP contribution in [0.2, 0.25) is 0 Å². The number of ether oxygens (including phenoxy) is 1. The summed E-state index contributed by atoms with van der Waals surface area (Å²) in [6.07, 6.45) is 6.01. The largest absolute Gasteiger partial charge is 0.497 e. The Balaban J connectivity index is 1.95. The number of benzene rings is 1. The van der Waals surface area contributed by atoms with Crippen LogP contribution in [0, 0.1) is 12.3 Å². The van der Waals surface area contributed by atoms with Crippen molar-refractivity contribution in [3.8, 4) is 5.75 Å². The first-order valence-electron chi connectivity index (χ1n) is 8.97. The number of nitrogens with zero attached hydrogens (tertiary/aromatic N) is 1. The van der Waals surface area contributed by atoms with Gasteiger partial charge >= 0.3 is 0 Å². The third kappa shape index (κ3) is 2.99. The lowest BCUT2D eigenvalue weighted by Crippen LogP contribution is -2.51. The minimum atomic E-state index is -0.376. The molecule has 25 heavy (non-hydrogen) atoms. The van der Waals surface area contributed by atoms with Crippen molar-refractivity contribution in [2.75, 3.05) is 20.2 Å². The van der Waals surface area contributed by atoms with Gasteiger partial charge in [-0.1, -0.05) is 18.2 Å². The van der Waals surface area contributed by atoms with Gasteiger partial charge in [-0.2, -0.15) is 0 Å². The van der Waals surface area contributed by atoms with E-state index in [4.69, 9.17) is 4.74 Å². The second kappa shape index (κ2) is 7.04. The van der Waals surface area contributed by atoms with Crippen LogP contribution < -0.4 is 10.1 Å². The van der Waals surface area contributed by atoms with E-state index in [-0.39, 0.29) is 23.4 Å². The zero-order chi connectivity index (χ0) is 18.0. The molecule has 3 rings (SSSR count). The van der Waals surface area contributed by atoms with Crippen molar-refractivity contribution in [3.63, 3.8) is 0 Å². The van der Waals surface area contributed by atoms with E-state index in [0.29, 0.717) is 12.8 Å². The number of hydrogen-bond acceptors (Lipinski definition) is 3. The lowest BCUT2D eigenvalue weighted by Gasteiger charge is -2.38. The maximum Gasteiger partial charge on any atom is 0.229 e. The van der Waals surface area contributed by atoms with Crippen LogP contribution >= 0.6 is 0 Å². The van der Waals surface area contributed by atoms with Crippen molar-refractivity contribution in [1.29, 1.82) is 0 Å². The number of rotatable bonds is 6. The summed E-state index contributed by atoms with van der Waals surface area (Å²) >= 11 is 0. The summed E-state index contributed by atoms with van der Waals surface area (Å²) in [5, 5.41) is 3.64. The number of carbonyl (C=O) groups excluding carboxylic acids is 1. The maximum atomic E-state index is 13.2. The third-order valence-corrected chi connectivity index (χ3v) is 5.70. The number of allylic oxidation sites excluding steroid dienone is 2. The van der Waals surface area contributed by atoms with E-state index in [0.717, 1.165) is 25.3 Å². The van der Waals surface area contributed by atoms with E-state index < -0.39 is 0 Å². The Hall–Kier alpha value is -2.07. The monoisotopic (exact) mass is 340 g/mol. The van der Waals surface area contributed by atoms with E-state index in [1.165, 1.54) is 11.1 Å². The summed E-state index contributed by atoms with van der Waals surface area (Å²) < 4.78 is 5.33. The van der Waals surface area contributed by atoms with Gasteiger partial charge in [0.25, 0.3) is 0 Å². The molecule has 2 heterocycles. The van der Waals surface area contributed by atoms with Crippen LogP contribution in [0.25, 0.3) is 0 Å². The van der Waals surface area contributed by atoms with Gasteiger partial charge < -0.3 is 15.0 Å². The minimum Gasteiger partial charge on any atom is -0.497 e. The molecule has 2 aliphatic rings. The fraction of sp³-hybridized carbons (Fsp3) is 0.476. The molecular formula is C21H28N2O2. The normalized spacial score (nSPS) is 24.7. The molecule has 0 spiro atoms. The Morgan fingerprint density at radius 1 is 1.36 bits per heavy atom. The van der Waals surface area contributed by atoms with E-state index in [1.54, 1.807) is 7.11 Å². The summed E-state index contributed by atoms with van der Waals surface area (Å²) in [5.74, 6) is 1.12. The van der Waals surface area contributed by atoms with Gasteiger partial charge in [0.1, 0.15) is 5.75 Å². The molecule has 2 saturated heterocycles. The van der Waals surface area contributed by atoms with E-state index >= 15 is 0 Å². The summed E-state index contributed by atoms with van der Waals surface area (Å²) in [5.41, 5.74) is 2.06. The number of methoxy groups -OCH3 is 1. The Morgan fingerprint density at radius 3 is 2.68 bits per heavy atom. The topological polar surface area (TPSA) is 41.6 Å². The predicted octanol–water partition coefficient (Wildman–Crippen LogP) is 3.39. The van der Waals surface area contributed by atoms with Crippen LogP contribution in [0.4, 0.5) is 0 Å². The van der Waals surface area contributed by atoms with Gasteiger partial charge in [-0.25, -0.2) is 0 Å². The molecule has 0 bridgehead atoms. The highest BCUT2D eigenvalue weighted by atomic mass is 16.5. The molecule has 4 heteroatoms. The number of aryl methyl sites for hydroxylation is 1. The number of amides is 1. The number of nitrogens with one attached hydrogen (secondary N) is 1. The van der Waals surface area contributed by atoms with Crippen LogP contribution in [-0.2, 0) is 4.79 Å². The number of hydrogen-bond donors (Lipinski definition) is 1. The van der Waals surface area contributed by atoms with Gasteiger partial charge in [0, 0.05) is 13.1 Å². The fourth-order valence-corrected chi connectivity index (χ4v) is 4.51. The molecule has 134 valence electrons. The van der Waals surface area contributed by atoms with Gasteiger partial charge in [-0.15, -0.1) is 13.2 Å². The van der Waals surface area contributed by atoms with Crippen LogP contribution in [0.15, 0.2) is 43.5 Å². The highest BCUT2D eigenvalue weighted by Gasteiger charge is 2.53. The van der Waals surface area contributed by atoms with Gasteiger partial charge in [0.05, 0.1) is 24.6 Å². The van der Waals surface area contributed by atoms with Crippen LogP contribution in [0.1, 0.15) is 36.4 Å². The number of piperazine rings is 1. The van der Waals surface area contributed by atoms with Crippen LogP contribution in [-0.4, -0.2) is 37.0 Å². The van der Waals surface area contributed by atoms with E-state index in [2.05, 4.69) is 42.4 Å². The van der Waals surface area contributed by atoms with Gasteiger partial charge in [-0.05, 0) is 49.4 Å². The molecule has 1 aromatic rings. The molecule has 1 N–H and O–H groups in total. The first-order chi connectivity index (χ1) is 12.1. The molecule has 2 fully saturated rings. The van der Waals surface area contributed by atoms with Crippen LogP contribution in [0.3, 0.4) is 0 Å². The van der Waals surface area contributed by atoms with Crippen molar-refractivity contribution in [2.24, 2.45) is 5.41 Å². The van der Waals surface area contributed by atoms with E-state index in [1.807, 2.05) is 18.2 Å². The molecule has 0 unspecified atom stereocenters. The maximum absolute atomic E-state index is 13.2. The summed E-state index contributed by atoms with van der Waals surface area (Å²) in [4.78, 5) is 15.3. The highest BCUT2D eigenvalue weighted by molar-refractivity contribution is 5.86. The van der Waals surface area contributed by atoms with Crippen molar-refractivity contribution >= 4 is 5.91 Å². The van der Waals surface area contributed by atoms with Gasteiger partial charge in [0.15, 0.2) is 0 Å². The molecule has 0 aliphatic carbocycles. The first-order valence-corrected chi connectivity index (χ1v) is 8.97. The predicted molar refractivity (Wildman–Crippen MR) is 101 cm³/mol. The van der Waals surface area contributed by atoms with Crippen LogP contribution in [0.5, 0.6) is 5.75 Å². The molecule has 4 nitrogen and oxygen atoms in total. The zero-order valence-electron chi connectivity index (χ0n) is 15.3. The molecule has 0 radical (unpaired) electrons. The average Bonchev–Trinajstić information content (AvgIpc) is 2.88. The molecule has 0 aromatic heterocycles. The molecular weight excluding hydrogens is 312 g/mol. The van der Waals surface area contributed by atoms with Crippen molar-refractivity contribution < 1.29 is 9.53 Å². The molecule has 1 aromatic carbocycles. The molecule has 2 aliphatic heterocycles. The fourth-order valence-electron chi connectivity index (χ4n) is 4.51. The Morgan fingerprint density at radius 2 is 2.08 bits per heavy atom. The lowest BCUT2D eigenvalue weighted by molar-refractivity contribution is -0.137. The first kappa shape index (κ1) is 17.7. The zero-order valence-corrected chi connectivity index (χ0v) is 15.3. The average molecular weight is 340 g/mol. The smallest absolute Gasteiger partial charge is 0.229 e. The molecule has 2 atom stereocenters. The third-order valence-electron chi connectivity index (χ3n) is 5.70. The van der Waals surface area contributed by atoms with Gasteiger partial charge in [-0.3, -0.25) is 4.79 Å². The highest BCUT2D eigenvalue weighted by Crippen LogP contribution is 2.47. The van der Waals surface area contributed by atoms with Crippen molar-refractivity contribution in [1.82, 2.24) is 10.2 Å².